The molecular formula is C22H34N2O. The first kappa shape index (κ1) is 17.5. The Labute approximate surface area is 153 Å². The molecule has 2 fully saturated rings. The molecule has 0 saturated carbocycles. The molecule has 4 rings (SSSR count). The largest absolute Gasteiger partial charge is 0.396 e. The topological polar surface area (TPSA) is 26.7 Å². The van der Waals surface area contributed by atoms with E-state index >= 15 is 0 Å². The number of nitrogens with zero attached hydrogens (tertiary/aromatic N) is 2. The lowest BCUT2D eigenvalue weighted by molar-refractivity contribution is 0.00381. The van der Waals surface area contributed by atoms with Crippen molar-refractivity contribution in [2.75, 3.05) is 39.3 Å². The number of aliphatic hydroxyl groups excluding tert-OH is 1. The van der Waals surface area contributed by atoms with E-state index in [0.717, 1.165) is 12.6 Å². The summed E-state index contributed by atoms with van der Waals surface area (Å²) in [5, 5.41) is 10.1. The Kier molecular flexibility index (Phi) is 5.44. The minimum absolute atomic E-state index is 0.161. The maximum Gasteiger partial charge on any atom is 0.0500 e. The highest BCUT2D eigenvalue weighted by Gasteiger charge is 2.38. The van der Waals surface area contributed by atoms with E-state index in [2.05, 4.69) is 34.1 Å². The van der Waals surface area contributed by atoms with E-state index in [1.807, 2.05) is 0 Å². The fourth-order valence-electron chi connectivity index (χ4n) is 5.34. The number of hydrogen-bond donors (Lipinski definition) is 1. The Morgan fingerprint density at radius 2 is 1.52 bits per heavy atom. The summed E-state index contributed by atoms with van der Waals surface area (Å²) in [7, 11) is 0. The van der Waals surface area contributed by atoms with Gasteiger partial charge in [0.2, 0.25) is 0 Å². The summed E-state index contributed by atoms with van der Waals surface area (Å²) in [6, 6.07) is 9.75. The summed E-state index contributed by atoms with van der Waals surface area (Å²) in [4.78, 5) is 5.33. The van der Waals surface area contributed by atoms with E-state index in [4.69, 9.17) is 0 Å². The highest BCUT2D eigenvalue weighted by atomic mass is 16.3. The normalized spacial score (nSPS) is 25.6. The Bertz CT molecular complexity index is 532. The summed E-state index contributed by atoms with van der Waals surface area (Å²) < 4.78 is 0. The van der Waals surface area contributed by atoms with Crippen molar-refractivity contribution >= 4 is 0 Å². The lowest BCUT2D eigenvalue weighted by Gasteiger charge is -2.45. The minimum atomic E-state index is 0.161. The molecule has 1 N–H and O–H groups in total. The molecule has 2 aliphatic heterocycles. The highest BCUT2D eigenvalue weighted by molar-refractivity contribution is 5.28. The number of piperidine rings is 1. The molecule has 0 atom stereocenters. The predicted octanol–water partition coefficient (Wildman–Crippen LogP) is 3.10. The third kappa shape index (κ3) is 3.94. The van der Waals surface area contributed by atoms with Gasteiger partial charge in [-0.25, -0.2) is 0 Å². The van der Waals surface area contributed by atoms with Gasteiger partial charge in [0.15, 0.2) is 0 Å². The van der Waals surface area contributed by atoms with Crippen molar-refractivity contribution in [3.8, 4) is 0 Å². The van der Waals surface area contributed by atoms with Gasteiger partial charge in [0.1, 0.15) is 0 Å². The summed E-state index contributed by atoms with van der Waals surface area (Å²) in [6.07, 6.45) is 10.1. The van der Waals surface area contributed by atoms with Gasteiger partial charge in [0.25, 0.3) is 0 Å². The molecule has 1 aliphatic carbocycles. The van der Waals surface area contributed by atoms with Crippen molar-refractivity contribution in [3.63, 3.8) is 0 Å². The van der Waals surface area contributed by atoms with Crippen LogP contribution in [-0.2, 0) is 12.8 Å². The molecule has 2 saturated heterocycles. The van der Waals surface area contributed by atoms with Crippen LogP contribution in [0.3, 0.4) is 0 Å². The molecular weight excluding hydrogens is 308 g/mol. The standard InChI is InChI=1S/C22H34N2O/c25-18-22(17-23-13-3-4-14-23)11-15-24(16-12-22)21-9-7-19-5-1-2-6-20(19)8-10-21/h1-2,5-6,21,25H,3-4,7-18H2. The molecule has 0 unspecified atom stereocenters. The number of rotatable bonds is 4. The minimum Gasteiger partial charge on any atom is -0.396 e. The Morgan fingerprint density at radius 3 is 2.08 bits per heavy atom. The average molecular weight is 343 g/mol. The summed E-state index contributed by atoms with van der Waals surface area (Å²) in [6.45, 7) is 6.32. The van der Waals surface area contributed by atoms with Crippen molar-refractivity contribution in [2.45, 2.75) is 57.4 Å². The fraction of sp³-hybridized carbons (Fsp3) is 0.727. The van der Waals surface area contributed by atoms with Gasteiger partial charge in [-0.15, -0.1) is 0 Å². The molecule has 0 spiro atoms. The first-order valence-electron chi connectivity index (χ1n) is 10.4. The molecule has 1 aromatic rings. The van der Waals surface area contributed by atoms with Crippen molar-refractivity contribution in [2.24, 2.45) is 5.41 Å². The van der Waals surface area contributed by atoms with E-state index in [1.54, 1.807) is 11.1 Å². The van der Waals surface area contributed by atoms with Gasteiger partial charge < -0.3 is 14.9 Å². The van der Waals surface area contributed by atoms with E-state index in [1.165, 1.54) is 77.5 Å². The molecule has 3 aliphatic rings. The lowest BCUT2D eigenvalue weighted by atomic mass is 9.78. The van der Waals surface area contributed by atoms with Crippen LogP contribution in [0.4, 0.5) is 0 Å². The number of fused-ring (bicyclic) bond motifs is 1. The molecule has 0 amide bonds. The third-order valence-corrected chi connectivity index (χ3v) is 7.08. The van der Waals surface area contributed by atoms with Crippen LogP contribution in [0.25, 0.3) is 0 Å². The maximum atomic E-state index is 10.1. The molecule has 25 heavy (non-hydrogen) atoms. The monoisotopic (exact) mass is 342 g/mol. The summed E-state index contributed by atoms with van der Waals surface area (Å²) in [5.74, 6) is 0. The van der Waals surface area contributed by atoms with Crippen LogP contribution in [0.5, 0.6) is 0 Å². The molecule has 3 nitrogen and oxygen atoms in total. The second kappa shape index (κ2) is 7.77. The van der Waals surface area contributed by atoms with Crippen LogP contribution in [0.2, 0.25) is 0 Å². The molecule has 0 radical (unpaired) electrons. The Hall–Kier alpha value is -0.900. The summed E-state index contributed by atoms with van der Waals surface area (Å²) in [5.41, 5.74) is 3.30. The van der Waals surface area contributed by atoms with Crippen LogP contribution in [0.1, 0.15) is 49.7 Å². The van der Waals surface area contributed by atoms with E-state index < -0.39 is 0 Å². The van der Waals surface area contributed by atoms with Crippen LogP contribution in [0.15, 0.2) is 24.3 Å². The van der Waals surface area contributed by atoms with Gasteiger partial charge in [-0.1, -0.05) is 24.3 Å². The van der Waals surface area contributed by atoms with Crippen molar-refractivity contribution in [3.05, 3.63) is 35.4 Å². The number of hydrogen-bond acceptors (Lipinski definition) is 3. The van der Waals surface area contributed by atoms with Crippen molar-refractivity contribution in [1.29, 1.82) is 0 Å². The first-order valence-corrected chi connectivity index (χ1v) is 10.4. The Balaban J connectivity index is 1.33. The second-order valence-electron chi connectivity index (χ2n) is 8.68. The Morgan fingerprint density at radius 1 is 0.920 bits per heavy atom. The molecule has 3 heteroatoms. The number of aryl methyl sites for hydroxylation is 2. The average Bonchev–Trinajstić information content (AvgIpc) is 3.06. The SMILES string of the molecule is OCC1(CN2CCCC2)CCN(C2CCc3ccccc3CC2)CC1. The number of likely N-dealkylation sites (tertiary alicyclic amines) is 2. The van der Waals surface area contributed by atoms with Gasteiger partial charge >= 0.3 is 0 Å². The van der Waals surface area contributed by atoms with E-state index in [0.29, 0.717) is 6.61 Å². The lowest BCUT2D eigenvalue weighted by Crippen LogP contribution is -2.50. The number of benzene rings is 1. The number of aliphatic hydroxyl groups is 1. The summed E-state index contributed by atoms with van der Waals surface area (Å²) >= 11 is 0. The first-order chi connectivity index (χ1) is 12.3. The van der Waals surface area contributed by atoms with Crippen LogP contribution < -0.4 is 0 Å². The van der Waals surface area contributed by atoms with Gasteiger partial charge in [0, 0.05) is 18.0 Å². The zero-order valence-electron chi connectivity index (χ0n) is 15.6. The van der Waals surface area contributed by atoms with E-state index in [-0.39, 0.29) is 5.41 Å². The fourth-order valence-corrected chi connectivity index (χ4v) is 5.34. The molecule has 0 bridgehead atoms. The zero-order chi connectivity index (χ0) is 17.1. The van der Waals surface area contributed by atoms with Gasteiger partial charge in [0.05, 0.1) is 6.61 Å². The molecule has 0 aromatic heterocycles. The highest BCUT2D eigenvalue weighted by Crippen LogP contribution is 2.35. The molecule has 138 valence electrons. The van der Waals surface area contributed by atoms with Crippen LogP contribution >= 0.6 is 0 Å². The molecule has 1 aromatic carbocycles. The third-order valence-electron chi connectivity index (χ3n) is 7.08. The predicted molar refractivity (Wildman–Crippen MR) is 103 cm³/mol. The van der Waals surface area contributed by atoms with Gasteiger partial charge in [-0.05, 0) is 88.7 Å². The maximum absolute atomic E-state index is 10.1. The second-order valence-corrected chi connectivity index (χ2v) is 8.68. The van der Waals surface area contributed by atoms with Crippen molar-refractivity contribution < 1.29 is 5.11 Å². The van der Waals surface area contributed by atoms with E-state index in [9.17, 15) is 5.11 Å². The quantitative estimate of drug-likeness (QED) is 0.852. The van der Waals surface area contributed by atoms with Gasteiger partial charge in [-0.3, -0.25) is 0 Å². The zero-order valence-corrected chi connectivity index (χ0v) is 15.6. The van der Waals surface area contributed by atoms with Crippen molar-refractivity contribution in [1.82, 2.24) is 9.80 Å². The van der Waals surface area contributed by atoms with Crippen LogP contribution in [-0.4, -0.2) is 60.3 Å². The smallest absolute Gasteiger partial charge is 0.0500 e. The van der Waals surface area contributed by atoms with Gasteiger partial charge in [-0.2, -0.15) is 0 Å². The van der Waals surface area contributed by atoms with Crippen LogP contribution in [0, 0.1) is 5.41 Å². The molecule has 2 heterocycles.